The molecule has 3 heterocycles. The number of rotatable bonds is 2. The fourth-order valence-electron chi connectivity index (χ4n) is 3.93. The second kappa shape index (κ2) is 5.80. The fraction of sp³-hybridized carbons (Fsp3) is 0.400. The number of benzene rings is 1. The highest BCUT2D eigenvalue weighted by Gasteiger charge is 2.36. The molecule has 6 heteroatoms. The Bertz CT molecular complexity index is 1060. The van der Waals surface area contributed by atoms with Gasteiger partial charge < -0.3 is 9.88 Å². The first-order valence-electron chi connectivity index (χ1n) is 9.20. The molecule has 6 nitrogen and oxygen atoms in total. The molecule has 1 aliphatic carbocycles. The highest BCUT2D eigenvalue weighted by Crippen LogP contribution is 2.34. The maximum atomic E-state index is 12.4. The molecule has 0 bridgehead atoms. The molecule has 130 valence electrons. The largest absolute Gasteiger partial charge is 0.342 e. The third-order valence-electron chi connectivity index (χ3n) is 5.51. The van der Waals surface area contributed by atoms with Gasteiger partial charge in [-0.05, 0) is 43.9 Å². The third-order valence-corrected chi connectivity index (χ3v) is 5.51. The van der Waals surface area contributed by atoms with Gasteiger partial charge in [0.2, 0.25) is 5.91 Å². The molecule has 5 rings (SSSR count). The monoisotopic (exact) mass is 345 g/mol. The zero-order chi connectivity index (χ0) is 17.7. The number of amides is 1. The Morgan fingerprint density at radius 3 is 3.00 bits per heavy atom. The second-order valence-electron chi connectivity index (χ2n) is 7.38. The summed E-state index contributed by atoms with van der Waals surface area (Å²) in [6.45, 7) is 1.60. The average molecular weight is 345 g/mol. The Balaban J connectivity index is 1.51. The van der Waals surface area contributed by atoms with E-state index >= 15 is 0 Å². The van der Waals surface area contributed by atoms with Crippen LogP contribution >= 0.6 is 0 Å². The van der Waals surface area contributed by atoms with Crippen molar-refractivity contribution in [3.8, 4) is 6.07 Å². The van der Waals surface area contributed by atoms with Gasteiger partial charge in [-0.25, -0.2) is 4.98 Å². The number of nitriles is 1. The Labute approximate surface area is 150 Å². The molecule has 1 aliphatic heterocycles. The minimum atomic E-state index is 0.230. The van der Waals surface area contributed by atoms with Crippen LogP contribution in [0.3, 0.4) is 0 Å². The van der Waals surface area contributed by atoms with E-state index in [0.29, 0.717) is 11.5 Å². The average Bonchev–Trinajstić information content (AvgIpc) is 3.44. The fourth-order valence-corrected chi connectivity index (χ4v) is 3.93. The zero-order valence-electron chi connectivity index (χ0n) is 14.4. The van der Waals surface area contributed by atoms with Crippen molar-refractivity contribution in [2.75, 3.05) is 13.1 Å². The minimum Gasteiger partial charge on any atom is -0.342 e. The third kappa shape index (κ3) is 2.51. The maximum absolute atomic E-state index is 12.4. The van der Waals surface area contributed by atoms with Crippen molar-refractivity contribution >= 4 is 27.8 Å². The Morgan fingerprint density at radius 1 is 1.31 bits per heavy atom. The van der Waals surface area contributed by atoms with E-state index < -0.39 is 0 Å². The molecule has 3 aromatic rings. The molecule has 2 aromatic heterocycles. The van der Waals surface area contributed by atoms with E-state index in [1.54, 1.807) is 12.3 Å². The summed E-state index contributed by atoms with van der Waals surface area (Å²) in [5, 5.41) is 10.1. The molecule has 1 saturated carbocycles. The van der Waals surface area contributed by atoms with Crippen LogP contribution in [0.4, 0.5) is 0 Å². The number of carbonyl (C=O) groups excluding carboxylic acids is 1. The number of piperidine rings is 1. The van der Waals surface area contributed by atoms with Crippen molar-refractivity contribution in [3.63, 3.8) is 0 Å². The first-order chi connectivity index (χ1) is 12.7. The van der Waals surface area contributed by atoms with Crippen LogP contribution in [-0.4, -0.2) is 38.8 Å². The summed E-state index contributed by atoms with van der Waals surface area (Å²) in [4.78, 5) is 27.2. The normalized spacial score (nSPS) is 20.4. The van der Waals surface area contributed by atoms with Crippen LogP contribution in [0.2, 0.25) is 0 Å². The summed E-state index contributed by atoms with van der Waals surface area (Å²) in [5.41, 5.74) is 3.18. The van der Waals surface area contributed by atoms with E-state index in [1.807, 2.05) is 17.0 Å². The van der Waals surface area contributed by atoms with Crippen molar-refractivity contribution in [2.45, 2.75) is 31.6 Å². The van der Waals surface area contributed by atoms with Crippen LogP contribution < -0.4 is 0 Å². The lowest BCUT2D eigenvalue weighted by molar-refractivity contribution is -0.133. The summed E-state index contributed by atoms with van der Waals surface area (Å²) < 4.78 is 0. The van der Waals surface area contributed by atoms with Gasteiger partial charge in [0, 0.05) is 30.3 Å². The predicted octanol–water partition coefficient (Wildman–Crippen LogP) is 3.10. The van der Waals surface area contributed by atoms with E-state index in [2.05, 4.69) is 16.0 Å². The standard InChI is InChI=1S/C20H19N5O/c21-9-12-3-6-16-15(8-12)18-17(10-22-16)23-19(24-18)14-2-1-7-25(11-14)20(26)13-4-5-13/h3,6,8,10,13-14H,1-2,4-5,7,11H2,(H,23,24). The van der Waals surface area contributed by atoms with Gasteiger partial charge in [-0.15, -0.1) is 0 Å². The molecular formula is C20H19N5O. The smallest absolute Gasteiger partial charge is 0.225 e. The van der Waals surface area contributed by atoms with Crippen molar-refractivity contribution in [2.24, 2.45) is 5.92 Å². The molecule has 1 saturated heterocycles. The molecule has 0 radical (unpaired) electrons. The van der Waals surface area contributed by atoms with Crippen LogP contribution in [0, 0.1) is 17.2 Å². The number of imidazole rings is 1. The number of hydrogen-bond acceptors (Lipinski definition) is 4. The van der Waals surface area contributed by atoms with E-state index in [0.717, 1.165) is 66.5 Å². The minimum absolute atomic E-state index is 0.230. The molecule has 1 amide bonds. The van der Waals surface area contributed by atoms with Gasteiger partial charge in [0.15, 0.2) is 0 Å². The van der Waals surface area contributed by atoms with Crippen molar-refractivity contribution in [1.82, 2.24) is 19.9 Å². The van der Waals surface area contributed by atoms with Crippen molar-refractivity contribution < 1.29 is 4.79 Å². The van der Waals surface area contributed by atoms with E-state index in [9.17, 15) is 10.1 Å². The summed E-state index contributed by atoms with van der Waals surface area (Å²) in [6.07, 6.45) is 5.93. The first kappa shape index (κ1) is 15.3. The summed E-state index contributed by atoms with van der Waals surface area (Å²) in [5.74, 6) is 1.73. The first-order valence-corrected chi connectivity index (χ1v) is 9.20. The number of fused-ring (bicyclic) bond motifs is 3. The SMILES string of the molecule is N#Cc1ccc2ncc3[nH]c(C4CCCN(C(=O)C5CC5)C4)nc3c2c1. The van der Waals surface area contributed by atoms with Gasteiger partial charge in [0.05, 0.1) is 34.4 Å². The lowest BCUT2D eigenvalue weighted by Gasteiger charge is -2.32. The number of likely N-dealkylation sites (tertiary alicyclic amines) is 1. The summed E-state index contributed by atoms with van der Waals surface area (Å²) in [6, 6.07) is 7.66. The number of pyridine rings is 1. The number of aromatic amines is 1. The topological polar surface area (TPSA) is 85.7 Å². The molecule has 2 aliphatic rings. The highest BCUT2D eigenvalue weighted by molar-refractivity contribution is 6.02. The zero-order valence-corrected chi connectivity index (χ0v) is 14.4. The molecule has 1 unspecified atom stereocenters. The van der Waals surface area contributed by atoms with Gasteiger partial charge in [-0.3, -0.25) is 9.78 Å². The number of H-pyrrole nitrogens is 1. The molecule has 26 heavy (non-hydrogen) atoms. The van der Waals surface area contributed by atoms with Crippen LogP contribution in [0.5, 0.6) is 0 Å². The van der Waals surface area contributed by atoms with Gasteiger partial charge in [0.25, 0.3) is 0 Å². The Morgan fingerprint density at radius 2 is 2.19 bits per heavy atom. The van der Waals surface area contributed by atoms with Crippen LogP contribution in [0.15, 0.2) is 24.4 Å². The maximum Gasteiger partial charge on any atom is 0.225 e. The quantitative estimate of drug-likeness (QED) is 0.773. The summed E-state index contributed by atoms with van der Waals surface area (Å²) in [7, 11) is 0. The van der Waals surface area contributed by atoms with Crippen LogP contribution in [-0.2, 0) is 4.79 Å². The molecule has 2 fully saturated rings. The number of carbonyl (C=O) groups is 1. The van der Waals surface area contributed by atoms with E-state index in [1.165, 1.54) is 0 Å². The predicted molar refractivity (Wildman–Crippen MR) is 97.4 cm³/mol. The number of nitrogens with one attached hydrogen (secondary N) is 1. The number of hydrogen-bond donors (Lipinski definition) is 1. The van der Waals surface area contributed by atoms with Gasteiger partial charge in [-0.1, -0.05) is 0 Å². The Kier molecular flexibility index (Phi) is 3.42. The molecule has 1 N–H and O–H groups in total. The molecule has 1 aromatic carbocycles. The van der Waals surface area contributed by atoms with Crippen LogP contribution in [0.1, 0.15) is 43.0 Å². The molecule has 0 spiro atoms. The Hall–Kier alpha value is -2.94. The second-order valence-corrected chi connectivity index (χ2v) is 7.38. The summed E-state index contributed by atoms with van der Waals surface area (Å²) >= 11 is 0. The van der Waals surface area contributed by atoms with Gasteiger partial charge in [-0.2, -0.15) is 5.26 Å². The lowest BCUT2D eigenvalue weighted by atomic mass is 9.97. The van der Waals surface area contributed by atoms with Crippen LogP contribution in [0.25, 0.3) is 21.9 Å². The van der Waals surface area contributed by atoms with Gasteiger partial charge >= 0.3 is 0 Å². The lowest BCUT2D eigenvalue weighted by Crippen LogP contribution is -2.40. The number of nitrogens with zero attached hydrogens (tertiary/aromatic N) is 4. The highest BCUT2D eigenvalue weighted by atomic mass is 16.2. The van der Waals surface area contributed by atoms with Gasteiger partial charge in [0.1, 0.15) is 5.82 Å². The molecule has 1 atom stereocenters. The van der Waals surface area contributed by atoms with Crippen molar-refractivity contribution in [3.05, 3.63) is 35.8 Å². The van der Waals surface area contributed by atoms with Crippen molar-refractivity contribution in [1.29, 1.82) is 5.26 Å². The van der Waals surface area contributed by atoms with E-state index in [4.69, 9.17) is 4.98 Å². The molecular weight excluding hydrogens is 326 g/mol. The van der Waals surface area contributed by atoms with E-state index in [-0.39, 0.29) is 11.8 Å². The number of aromatic nitrogens is 3.